The molecule has 1 unspecified atom stereocenters. The van der Waals surface area contributed by atoms with E-state index in [0.29, 0.717) is 0 Å². The normalized spacial score (nSPS) is 12.1. The first kappa shape index (κ1) is 96.3. The summed E-state index contributed by atoms with van der Waals surface area (Å²) in [4.78, 5) is 23.8. The first-order chi connectivity index (χ1) is 61.6. The number of benzene rings is 16. The van der Waals surface area contributed by atoms with E-state index in [1.54, 1.807) is 0 Å². The Kier molecular flexibility index (Phi) is 32.6. The molecule has 16 rings (SSSR count). The summed E-state index contributed by atoms with van der Waals surface area (Å²) in [6.07, 6.45) is 0. The van der Waals surface area contributed by atoms with E-state index in [4.69, 9.17) is 4.74 Å². The Balaban J connectivity index is 0.000000148. The van der Waals surface area contributed by atoms with Gasteiger partial charge in [-0.25, -0.2) is 0 Å². The third-order valence-electron chi connectivity index (χ3n) is 22.1. The number of hydrogen-bond donors (Lipinski definition) is 0. The lowest BCUT2D eigenvalue weighted by Crippen LogP contribution is -2.13. The van der Waals surface area contributed by atoms with Gasteiger partial charge in [0.05, 0.1) is 43.6 Å². The van der Waals surface area contributed by atoms with Crippen LogP contribution in [0.5, 0.6) is 11.5 Å². The Morgan fingerprint density at radius 1 is 0.155 bits per heavy atom. The van der Waals surface area contributed by atoms with Gasteiger partial charge in [0, 0.05) is 29.4 Å². The summed E-state index contributed by atoms with van der Waals surface area (Å²) in [5.41, 5.74) is 10.5. The molecule has 1 nitrogen and oxygen atoms in total. The van der Waals surface area contributed by atoms with Gasteiger partial charge < -0.3 is 4.74 Å². The van der Waals surface area contributed by atoms with Gasteiger partial charge in [0.15, 0.2) is 58.7 Å². The molecule has 0 aromatic heterocycles. The van der Waals surface area contributed by atoms with Gasteiger partial charge >= 0.3 is 0 Å². The van der Waals surface area contributed by atoms with Crippen LogP contribution in [-0.4, -0.2) is 0 Å². The van der Waals surface area contributed by atoms with Crippen molar-refractivity contribution in [3.8, 4) is 11.5 Å². The lowest BCUT2D eigenvalue weighted by atomic mass is 9.87. The van der Waals surface area contributed by atoms with Crippen molar-refractivity contribution in [2.75, 3.05) is 0 Å². The Morgan fingerprint density at radius 2 is 0.302 bits per heavy atom. The zero-order chi connectivity index (χ0) is 91.5. The van der Waals surface area contributed by atoms with Gasteiger partial charge in [-0.05, 0) is 315 Å². The maximum absolute atomic E-state index is 5.93. The Morgan fingerprint density at radius 3 is 0.519 bits per heavy atom. The minimum atomic E-state index is -0.162. The first-order valence-electron chi connectivity index (χ1n) is 44.7. The Hall–Kier alpha value is -10.2. The second kappa shape index (κ2) is 43.7. The van der Waals surface area contributed by atoms with Gasteiger partial charge in [-0.1, -0.05) is 341 Å². The molecule has 0 radical (unpaired) electrons. The van der Waals surface area contributed by atoms with Crippen molar-refractivity contribution in [1.29, 1.82) is 0 Å². The van der Waals surface area contributed by atoms with E-state index >= 15 is 0 Å². The lowest BCUT2D eigenvalue weighted by molar-refractivity contribution is 0.482. The molecule has 0 saturated carbocycles. The maximum atomic E-state index is 5.93. The summed E-state index contributed by atoms with van der Waals surface area (Å²) in [5.74, 6) is 1.70. The first-order valence-corrected chi connectivity index (χ1v) is 52.0. The summed E-state index contributed by atoms with van der Waals surface area (Å²) >= 11 is 5.46. The van der Waals surface area contributed by atoms with Gasteiger partial charge in [0.1, 0.15) is 11.5 Å². The van der Waals surface area contributed by atoms with E-state index in [1.165, 1.54) is 127 Å². The van der Waals surface area contributed by atoms with Crippen LogP contribution in [0.4, 0.5) is 0 Å². The quantitative estimate of drug-likeness (QED) is 0.0703. The molecular formula is C121H126OS7+4. The standard InChI is InChI=1S/C36H43S2.C32H35S2.C29H29S2.C24H19OS/c1-34(2,3)26-10-16-29(17-11-26)37-30-18-24-33(25-19-30)38(31-20-12-27(13-21-31)35(4,5)6)32-22-14-28(15-23-32)36(7,8)9;1-31(2,3)24-12-18-28(19-13-24)34(29-20-14-25(15-21-29)32(4,5)6)30-22-16-27(17-23-30)33-26-10-8-7-9-11-26;1-22-10-14-24(15-11-22)30-25-16-20-28(21-17-25)31(26-8-6-5-7-9-26)27-18-12-23(13-19-27)29(2,3)4;1-4-10-20(11-5-1)25-21-16-18-24(19-17-21)26(22-12-6-2-7-13-22)23-14-8-3-9-15-23/h10-25H,1-9H3;7-23H,1-6H3;5-21H,1-4H3;1-19H/q4*+1. The fourth-order valence-corrected chi connectivity index (χ4v) is 25.2. The van der Waals surface area contributed by atoms with Crippen molar-refractivity contribution >= 4 is 78.9 Å². The third-order valence-corrected chi connectivity index (χ3v) is 34.1. The predicted molar refractivity (Wildman–Crippen MR) is 561 cm³/mol. The summed E-state index contributed by atoms with van der Waals surface area (Å²) in [5, 5.41) is 0. The van der Waals surface area contributed by atoms with E-state index in [9.17, 15) is 0 Å². The minimum Gasteiger partial charge on any atom is -0.457 e. The van der Waals surface area contributed by atoms with Crippen LogP contribution in [0.2, 0.25) is 0 Å². The van der Waals surface area contributed by atoms with Crippen molar-refractivity contribution in [3.63, 3.8) is 0 Å². The molecule has 0 amide bonds. The molecule has 16 aromatic rings. The molecule has 1 atom stereocenters. The van der Waals surface area contributed by atoms with Crippen LogP contribution in [0.25, 0.3) is 0 Å². The summed E-state index contributed by atoms with van der Waals surface area (Å²) in [6, 6.07) is 153. The number of hydrogen-bond acceptors (Lipinski definition) is 4. The van der Waals surface area contributed by atoms with E-state index in [-0.39, 0.29) is 76.1 Å². The summed E-state index contributed by atoms with van der Waals surface area (Å²) in [6.45, 7) is 43.0. The summed E-state index contributed by atoms with van der Waals surface area (Å²) in [7, 11) is -0.552. The van der Waals surface area contributed by atoms with E-state index in [1.807, 2.05) is 77.8 Å². The van der Waals surface area contributed by atoms with E-state index in [0.717, 1.165) is 11.5 Å². The molecule has 0 aliphatic carbocycles. The van der Waals surface area contributed by atoms with Crippen molar-refractivity contribution in [3.05, 3.63) is 458 Å². The van der Waals surface area contributed by atoms with E-state index in [2.05, 4.69) is 508 Å². The average molecular weight is 1820 g/mol. The molecule has 0 fully saturated rings. The minimum absolute atomic E-state index is 0.117. The summed E-state index contributed by atoms with van der Waals surface area (Å²) < 4.78 is 5.93. The van der Waals surface area contributed by atoms with Crippen LogP contribution in [0, 0.1) is 6.92 Å². The molecule has 0 N–H and O–H groups in total. The highest BCUT2D eigenvalue weighted by Crippen LogP contribution is 2.43. The second-order valence-corrected chi connectivity index (χ2v) is 50.1. The van der Waals surface area contributed by atoms with Crippen LogP contribution in [-0.2, 0) is 76.1 Å². The smallest absolute Gasteiger partial charge is 0.166 e. The molecule has 0 saturated heterocycles. The van der Waals surface area contributed by atoms with Gasteiger partial charge in [-0.3, -0.25) is 0 Å². The monoisotopic (exact) mass is 1820 g/mol. The van der Waals surface area contributed by atoms with Crippen LogP contribution in [0.15, 0.2) is 507 Å². The zero-order valence-electron chi connectivity index (χ0n) is 78.6. The topological polar surface area (TPSA) is 9.23 Å². The van der Waals surface area contributed by atoms with Gasteiger partial charge in [0.2, 0.25) is 0 Å². The molecule has 654 valence electrons. The average Bonchev–Trinajstić information content (AvgIpc) is 0.799. The SMILES string of the molecule is CC(C)(C)c1ccc(Sc2ccc([S+](c3ccc(C(C)(C)C)cc3)c3ccc(C(C)(C)C)cc3)cc2)cc1.CC(C)(C)c1ccc([S+](c2ccc(Sc3ccccc3)cc2)c2ccc(C(C)(C)C)cc2)cc1.Cc1ccc(Sc2ccc([S+](c3ccccc3)c3ccc(C(C)(C)C)cc3)cc2)cc1.c1ccc(Oc2ccc([S+](c3ccccc3)c3ccccc3)cc2)cc1. The maximum Gasteiger partial charge on any atom is 0.166 e. The molecule has 129 heavy (non-hydrogen) atoms. The van der Waals surface area contributed by atoms with Crippen molar-refractivity contribution < 1.29 is 4.74 Å². The third kappa shape index (κ3) is 27.5. The van der Waals surface area contributed by atoms with Crippen molar-refractivity contribution in [2.24, 2.45) is 0 Å². The highest BCUT2D eigenvalue weighted by atomic mass is 32.2. The number of ether oxygens (including phenoxy) is 1. The van der Waals surface area contributed by atoms with E-state index < -0.39 is 0 Å². The lowest BCUT2D eigenvalue weighted by Gasteiger charge is -2.20. The fraction of sp³-hybridized carbons (Fsp3) is 0.207. The molecule has 0 aliphatic rings. The van der Waals surface area contributed by atoms with Crippen LogP contribution in [0.3, 0.4) is 0 Å². The van der Waals surface area contributed by atoms with Crippen LogP contribution >= 0.6 is 35.3 Å². The molecular weight excluding hydrogens is 1690 g/mol. The van der Waals surface area contributed by atoms with Gasteiger partial charge in [-0.2, -0.15) is 0 Å². The zero-order valence-corrected chi connectivity index (χ0v) is 84.3. The molecule has 0 bridgehead atoms. The molecule has 16 aromatic carbocycles. The van der Waals surface area contributed by atoms with Gasteiger partial charge in [0.25, 0.3) is 0 Å². The number of rotatable bonds is 20. The van der Waals surface area contributed by atoms with Crippen molar-refractivity contribution in [2.45, 2.75) is 252 Å². The molecule has 0 aliphatic heterocycles. The predicted octanol–water partition coefficient (Wildman–Crippen LogP) is 35.5. The Labute approximate surface area is 797 Å². The molecule has 0 spiro atoms. The second-order valence-electron chi connectivity index (χ2n) is 38.5. The highest BCUT2D eigenvalue weighted by molar-refractivity contribution is 8.00. The van der Waals surface area contributed by atoms with Crippen molar-refractivity contribution in [1.82, 2.24) is 0 Å². The molecule has 0 heterocycles. The molecule has 8 heteroatoms. The largest absolute Gasteiger partial charge is 0.457 e. The van der Waals surface area contributed by atoms with Crippen LogP contribution in [0.1, 0.15) is 164 Å². The number of aryl methyl sites for hydroxylation is 1. The fourth-order valence-electron chi connectivity index (χ4n) is 14.5. The van der Waals surface area contributed by atoms with Crippen LogP contribution < -0.4 is 4.74 Å². The Bertz CT molecular complexity index is 5940. The number of para-hydroxylation sites is 1. The van der Waals surface area contributed by atoms with Gasteiger partial charge in [-0.15, -0.1) is 0 Å². The highest BCUT2D eigenvalue weighted by Gasteiger charge is 2.35.